The fourth-order valence-electron chi connectivity index (χ4n) is 2.33. The Hall–Kier alpha value is -1.31. The summed E-state index contributed by atoms with van der Waals surface area (Å²) in [6.07, 6.45) is 1.64. The highest BCUT2D eigenvalue weighted by Gasteiger charge is 2.39. The zero-order valence-corrected chi connectivity index (χ0v) is 11.6. The number of urea groups is 1. The van der Waals surface area contributed by atoms with Crippen LogP contribution in [0.15, 0.2) is 0 Å². The maximum Gasteiger partial charge on any atom is 0.323 e. The summed E-state index contributed by atoms with van der Waals surface area (Å²) in [7, 11) is -3.08. The molecule has 1 aliphatic heterocycles. The molecule has 0 aromatic rings. The third-order valence-corrected chi connectivity index (χ3v) is 5.25. The maximum atomic E-state index is 12.3. The van der Waals surface area contributed by atoms with E-state index in [1.807, 2.05) is 0 Å². The molecule has 0 bridgehead atoms. The molecule has 1 saturated heterocycles. The zero-order valence-electron chi connectivity index (χ0n) is 10.8. The van der Waals surface area contributed by atoms with Gasteiger partial charge < -0.3 is 14.9 Å². The predicted octanol–water partition coefficient (Wildman–Crippen LogP) is -0.226. The number of rotatable bonds is 3. The van der Waals surface area contributed by atoms with Gasteiger partial charge in [0, 0.05) is 18.6 Å². The van der Waals surface area contributed by atoms with Crippen LogP contribution in [-0.2, 0) is 14.6 Å². The van der Waals surface area contributed by atoms with Crippen LogP contribution >= 0.6 is 0 Å². The first kappa shape index (κ1) is 14.1. The molecule has 2 amide bonds. The van der Waals surface area contributed by atoms with E-state index in [1.165, 1.54) is 9.80 Å². The van der Waals surface area contributed by atoms with Crippen molar-refractivity contribution in [3.8, 4) is 0 Å². The van der Waals surface area contributed by atoms with E-state index in [1.54, 1.807) is 6.92 Å². The van der Waals surface area contributed by atoms with Crippen molar-refractivity contribution in [1.29, 1.82) is 0 Å². The number of sulfone groups is 1. The molecule has 2 fully saturated rings. The van der Waals surface area contributed by atoms with Crippen LogP contribution in [0.4, 0.5) is 4.79 Å². The first-order valence-electron chi connectivity index (χ1n) is 6.29. The molecular formula is C11H18N2O5S. The number of carbonyl (C=O) groups excluding carboxylic acids is 1. The van der Waals surface area contributed by atoms with Crippen molar-refractivity contribution in [3.05, 3.63) is 0 Å². The van der Waals surface area contributed by atoms with E-state index in [9.17, 15) is 18.0 Å². The summed E-state index contributed by atoms with van der Waals surface area (Å²) >= 11 is 0. The number of aliphatic carboxylic acids is 1. The van der Waals surface area contributed by atoms with E-state index in [2.05, 4.69) is 0 Å². The molecule has 0 radical (unpaired) electrons. The lowest BCUT2D eigenvalue weighted by Crippen LogP contribution is -2.55. The number of amides is 2. The summed E-state index contributed by atoms with van der Waals surface area (Å²) in [5.74, 6) is -1.14. The number of hydrogen-bond acceptors (Lipinski definition) is 4. The Morgan fingerprint density at radius 2 is 2.00 bits per heavy atom. The third-order valence-electron chi connectivity index (χ3n) is 3.46. The van der Waals surface area contributed by atoms with E-state index in [4.69, 9.17) is 5.11 Å². The van der Waals surface area contributed by atoms with E-state index in [0.717, 1.165) is 12.8 Å². The molecule has 1 atom stereocenters. The highest BCUT2D eigenvalue weighted by atomic mass is 32.2. The molecule has 7 nitrogen and oxygen atoms in total. The van der Waals surface area contributed by atoms with Crippen molar-refractivity contribution < 1.29 is 23.1 Å². The van der Waals surface area contributed by atoms with Gasteiger partial charge in [0.2, 0.25) is 0 Å². The average Bonchev–Trinajstić information content (AvgIpc) is 3.07. The van der Waals surface area contributed by atoms with Crippen LogP contribution in [0.5, 0.6) is 0 Å². The minimum absolute atomic E-state index is 0.00525. The largest absolute Gasteiger partial charge is 0.480 e. The van der Waals surface area contributed by atoms with Gasteiger partial charge in [-0.05, 0) is 19.8 Å². The molecule has 0 aromatic carbocycles. The van der Waals surface area contributed by atoms with Crippen molar-refractivity contribution in [2.24, 2.45) is 0 Å². The Labute approximate surface area is 112 Å². The molecule has 1 aliphatic carbocycles. The lowest BCUT2D eigenvalue weighted by Gasteiger charge is -2.36. The second-order valence-electron chi connectivity index (χ2n) is 5.19. The first-order chi connectivity index (χ1) is 8.80. The lowest BCUT2D eigenvalue weighted by molar-refractivity contribution is -0.137. The van der Waals surface area contributed by atoms with Crippen LogP contribution in [-0.4, -0.2) is 72.0 Å². The fourth-order valence-corrected chi connectivity index (χ4v) is 3.89. The van der Waals surface area contributed by atoms with Gasteiger partial charge in [0.15, 0.2) is 9.84 Å². The second-order valence-corrected chi connectivity index (χ2v) is 7.42. The van der Waals surface area contributed by atoms with E-state index in [-0.39, 0.29) is 36.7 Å². The van der Waals surface area contributed by atoms with Crippen molar-refractivity contribution >= 4 is 21.8 Å². The number of carboxylic acid groups (broad SMARTS) is 1. The van der Waals surface area contributed by atoms with Gasteiger partial charge in [-0.25, -0.2) is 13.2 Å². The number of nitrogens with zero attached hydrogens (tertiary/aromatic N) is 2. The third kappa shape index (κ3) is 3.37. The van der Waals surface area contributed by atoms with E-state index in [0.29, 0.717) is 0 Å². The Bertz CT molecular complexity index is 485. The van der Waals surface area contributed by atoms with Crippen molar-refractivity contribution in [2.45, 2.75) is 31.8 Å². The topological polar surface area (TPSA) is 95.0 Å². The Balaban J connectivity index is 2.07. The minimum atomic E-state index is -3.08. The second kappa shape index (κ2) is 4.99. The Kier molecular flexibility index (Phi) is 3.71. The summed E-state index contributed by atoms with van der Waals surface area (Å²) in [4.78, 5) is 26.0. The summed E-state index contributed by atoms with van der Waals surface area (Å²) in [5.41, 5.74) is 0. The quantitative estimate of drug-likeness (QED) is 0.775. The molecule has 2 aliphatic rings. The predicted molar refractivity (Wildman–Crippen MR) is 67.6 cm³/mol. The van der Waals surface area contributed by atoms with Crippen LogP contribution in [0.2, 0.25) is 0 Å². The van der Waals surface area contributed by atoms with Gasteiger partial charge in [0.1, 0.15) is 6.54 Å². The van der Waals surface area contributed by atoms with Gasteiger partial charge in [-0.15, -0.1) is 0 Å². The molecule has 1 unspecified atom stereocenters. The van der Waals surface area contributed by atoms with Crippen LogP contribution in [0, 0.1) is 0 Å². The zero-order chi connectivity index (χ0) is 14.2. The molecule has 1 N–H and O–H groups in total. The highest BCUT2D eigenvalue weighted by Crippen LogP contribution is 2.28. The van der Waals surface area contributed by atoms with Crippen molar-refractivity contribution in [2.75, 3.05) is 24.6 Å². The van der Waals surface area contributed by atoms with E-state index < -0.39 is 21.8 Å². The van der Waals surface area contributed by atoms with Gasteiger partial charge in [0.05, 0.1) is 11.5 Å². The summed E-state index contributed by atoms with van der Waals surface area (Å²) < 4.78 is 23.0. The van der Waals surface area contributed by atoms with E-state index >= 15 is 0 Å². The van der Waals surface area contributed by atoms with Gasteiger partial charge >= 0.3 is 12.0 Å². The highest BCUT2D eigenvalue weighted by molar-refractivity contribution is 7.91. The monoisotopic (exact) mass is 290 g/mol. The van der Waals surface area contributed by atoms with Gasteiger partial charge in [0.25, 0.3) is 0 Å². The molecule has 1 heterocycles. The fraction of sp³-hybridized carbons (Fsp3) is 0.818. The van der Waals surface area contributed by atoms with Crippen molar-refractivity contribution in [1.82, 2.24) is 9.80 Å². The normalized spacial score (nSPS) is 25.9. The smallest absolute Gasteiger partial charge is 0.323 e. The van der Waals surface area contributed by atoms with Crippen molar-refractivity contribution in [3.63, 3.8) is 0 Å². The van der Waals surface area contributed by atoms with Crippen LogP contribution < -0.4 is 0 Å². The molecule has 19 heavy (non-hydrogen) atoms. The standard InChI is InChI=1S/C11H18N2O5S/c1-8-7-19(17,18)5-4-12(8)11(16)13(6-10(14)15)9-2-3-9/h8-9H,2-7H2,1H3,(H,14,15). The number of carbonyl (C=O) groups is 2. The SMILES string of the molecule is CC1CS(=O)(=O)CCN1C(=O)N(CC(=O)O)C1CC1. The Morgan fingerprint density at radius 1 is 1.37 bits per heavy atom. The minimum Gasteiger partial charge on any atom is -0.480 e. The van der Waals surface area contributed by atoms with Gasteiger partial charge in [-0.3, -0.25) is 4.79 Å². The number of hydrogen-bond donors (Lipinski definition) is 1. The number of carboxylic acids is 1. The van der Waals surface area contributed by atoms with Gasteiger partial charge in [-0.2, -0.15) is 0 Å². The Morgan fingerprint density at radius 3 is 2.47 bits per heavy atom. The molecule has 108 valence electrons. The molecular weight excluding hydrogens is 272 g/mol. The maximum absolute atomic E-state index is 12.3. The van der Waals surface area contributed by atoms with Crippen LogP contribution in [0.1, 0.15) is 19.8 Å². The molecule has 0 spiro atoms. The van der Waals surface area contributed by atoms with Crippen LogP contribution in [0.25, 0.3) is 0 Å². The lowest BCUT2D eigenvalue weighted by atomic mass is 10.3. The first-order valence-corrected chi connectivity index (χ1v) is 8.12. The van der Waals surface area contributed by atoms with Gasteiger partial charge in [-0.1, -0.05) is 0 Å². The molecule has 8 heteroatoms. The molecule has 2 rings (SSSR count). The summed E-state index contributed by atoms with van der Waals surface area (Å²) in [5, 5.41) is 8.85. The average molecular weight is 290 g/mol. The molecule has 0 aromatic heterocycles. The molecule has 1 saturated carbocycles. The van der Waals surface area contributed by atoms with Crippen LogP contribution in [0.3, 0.4) is 0 Å². The summed E-state index contributed by atoms with van der Waals surface area (Å²) in [6, 6.07) is -0.761. The summed E-state index contributed by atoms with van der Waals surface area (Å²) in [6.45, 7) is 1.51.